The number of carbonyl (C=O) groups is 2. The predicted octanol–water partition coefficient (Wildman–Crippen LogP) is 2.30. The highest BCUT2D eigenvalue weighted by Gasteiger charge is 2.21. The fourth-order valence-corrected chi connectivity index (χ4v) is 4.32. The highest BCUT2D eigenvalue weighted by molar-refractivity contribution is 5.99. The van der Waals surface area contributed by atoms with Crippen molar-refractivity contribution in [1.29, 1.82) is 0 Å². The van der Waals surface area contributed by atoms with E-state index < -0.39 is 11.9 Å². The number of rotatable bonds is 10. The molecule has 0 radical (unpaired) electrons. The van der Waals surface area contributed by atoms with Crippen molar-refractivity contribution in [2.45, 2.75) is 38.0 Å². The number of halogens is 1. The second-order valence-corrected chi connectivity index (χ2v) is 9.63. The zero-order valence-corrected chi connectivity index (χ0v) is 22.0. The molecule has 1 saturated heterocycles. The first-order valence-electron chi connectivity index (χ1n) is 13.0. The summed E-state index contributed by atoms with van der Waals surface area (Å²) in [7, 11) is 0. The van der Waals surface area contributed by atoms with E-state index >= 15 is 0 Å². The lowest BCUT2D eigenvalue weighted by Crippen LogP contribution is -2.42. The molecular formula is C29H34FN7O3. The van der Waals surface area contributed by atoms with Crippen LogP contribution in [0.15, 0.2) is 71.7 Å². The van der Waals surface area contributed by atoms with Gasteiger partial charge in [0.15, 0.2) is 5.96 Å². The summed E-state index contributed by atoms with van der Waals surface area (Å²) in [6.07, 6.45) is 1.96. The molecule has 0 bridgehead atoms. The Morgan fingerprint density at radius 2 is 1.68 bits per heavy atom. The number of hydrogen-bond acceptors (Lipinski definition) is 6. The van der Waals surface area contributed by atoms with Crippen molar-refractivity contribution in [3.05, 3.63) is 89.2 Å². The Morgan fingerprint density at radius 3 is 2.35 bits per heavy atom. The Morgan fingerprint density at radius 1 is 1.00 bits per heavy atom. The predicted molar refractivity (Wildman–Crippen MR) is 153 cm³/mol. The average molecular weight is 548 g/mol. The second-order valence-electron chi connectivity index (χ2n) is 9.63. The van der Waals surface area contributed by atoms with Crippen molar-refractivity contribution in [1.82, 2.24) is 10.6 Å². The van der Waals surface area contributed by atoms with Crippen LogP contribution in [0.2, 0.25) is 0 Å². The Kier molecular flexibility index (Phi) is 9.66. The minimum Gasteiger partial charge on any atom is -0.488 e. The molecule has 9 N–H and O–H groups in total. The zero-order chi connectivity index (χ0) is 28.5. The molecule has 10 nitrogen and oxygen atoms in total. The number of hydrogen-bond donors (Lipinski definition) is 6. The summed E-state index contributed by atoms with van der Waals surface area (Å²) in [6.45, 7) is 1.79. The van der Waals surface area contributed by atoms with Gasteiger partial charge in [-0.2, -0.15) is 0 Å². The van der Waals surface area contributed by atoms with Crippen LogP contribution >= 0.6 is 0 Å². The lowest BCUT2D eigenvalue weighted by atomic mass is 10.0. The number of carbonyl (C=O) groups excluding carboxylic acids is 2. The van der Waals surface area contributed by atoms with Crippen LogP contribution in [-0.4, -0.2) is 42.9 Å². The van der Waals surface area contributed by atoms with Crippen LogP contribution in [-0.2, 0) is 17.8 Å². The van der Waals surface area contributed by atoms with Gasteiger partial charge in [0.25, 0.3) is 5.91 Å². The Hall–Kier alpha value is -4.48. The van der Waals surface area contributed by atoms with Gasteiger partial charge in [0.05, 0.1) is 17.3 Å². The maximum atomic E-state index is 13.3. The lowest BCUT2D eigenvalue weighted by molar-refractivity contribution is -0.117. The van der Waals surface area contributed by atoms with Crippen molar-refractivity contribution >= 4 is 29.1 Å². The van der Waals surface area contributed by atoms with E-state index in [0.29, 0.717) is 23.4 Å². The van der Waals surface area contributed by atoms with Gasteiger partial charge in [-0.1, -0.05) is 24.3 Å². The number of aliphatic imine (C=N–C) groups is 1. The molecule has 1 aliphatic heterocycles. The molecule has 1 heterocycles. The molecule has 2 amide bonds. The van der Waals surface area contributed by atoms with E-state index in [1.807, 2.05) is 0 Å². The number of benzene rings is 3. The van der Waals surface area contributed by atoms with Gasteiger partial charge >= 0.3 is 0 Å². The smallest absolute Gasteiger partial charge is 0.255 e. The molecule has 4 rings (SSSR count). The molecule has 3 aromatic rings. The van der Waals surface area contributed by atoms with Gasteiger partial charge in [0.2, 0.25) is 5.91 Å². The summed E-state index contributed by atoms with van der Waals surface area (Å²) in [5.41, 5.74) is 19.9. The molecule has 0 unspecified atom stereocenters. The first-order chi connectivity index (χ1) is 19.3. The third-order valence-corrected chi connectivity index (χ3v) is 6.46. The van der Waals surface area contributed by atoms with Crippen LogP contribution in [0.3, 0.4) is 0 Å². The van der Waals surface area contributed by atoms with Gasteiger partial charge in [-0.25, -0.2) is 9.38 Å². The fraction of sp³-hybridized carbons (Fsp3) is 0.276. The molecule has 1 atom stereocenters. The maximum Gasteiger partial charge on any atom is 0.255 e. The van der Waals surface area contributed by atoms with Crippen molar-refractivity contribution in [2.75, 3.05) is 18.4 Å². The molecule has 1 fully saturated rings. The highest BCUT2D eigenvalue weighted by Crippen LogP contribution is 2.26. The molecule has 40 heavy (non-hydrogen) atoms. The number of amides is 2. The molecule has 0 spiro atoms. The van der Waals surface area contributed by atoms with Crippen LogP contribution in [0.5, 0.6) is 5.75 Å². The van der Waals surface area contributed by atoms with Crippen molar-refractivity contribution in [2.24, 2.45) is 22.2 Å². The highest BCUT2D eigenvalue weighted by atomic mass is 19.1. The maximum absolute atomic E-state index is 13.3. The van der Waals surface area contributed by atoms with E-state index in [0.717, 1.165) is 37.1 Å². The van der Waals surface area contributed by atoms with Gasteiger partial charge in [-0.3, -0.25) is 9.59 Å². The number of nitrogens with zero attached hydrogens (tertiary/aromatic N) is 1. The minimum atomic E-state index is -0.833. The average Bonchev–Trinajstić information content (AvgIpc) is 2.94. The molecule has 11 heteroatoms. The van der Waals surface area contributed by atoms with E-state index in [9.17, 15) is 14.0 Å². The SMILES string of the molecule is NC(N)=Nc1ccc(C[C@H](N)C(=O)Nc2ccc(C(=O)NC3CCNCC3)c(OCc3ccc(F)cc3)c2)cc1. The van der Waals surface area contributed by atoms with Gasteiger partial charge in [-0.15, -0.1) is 0 Å². The normalized spacial score (nSPS) is 14.2. The summed E-state index contributed by atoms with van der Waals surface area (Å²) in [5.74, 6) is -0.766. The van der Waals surface area contributed by atoms with Crippen LogP contribution in [0.4, 0.5) is 15.8 Å². The zero-order valence-electron chi connectivity index (χ0n) is 22.0. The molecule has 210 valence electrons. The number of nitrogens with one attached hydrogen (secondary N) is 3. The minimum absolute atomic E-state index is 0.0420. The van der Waals surface area contributed by atoms with Crippen molar-refractivity contribution in [3.63, 3.8) is 0 Å². The Bertz CT molecular complexity index is 1340. The standard InChI is InChI=1S/C29H34FN7O3/c30-20-5-1-19(2-6-20)17-40-26-16-23(9-10-24(26)27(38)35-22-11-13-34-14-12-22)36-28(39)25(31)15-18-3-7-21(8-4-18)37-29(32)33/h1-10,16,22,25,34H,11-15,17,31H2,(H,35,38)(H,36,39)(H4,32,33,37)/t25-/m0/s1. The number of guanidine groups is 1. The largest absolute Gasteiger partial charge is 0.488 e. The van der Waals surface area contributed by atoms with E-state index in [-0.39, 0.29) is 36.1 Å². The van der Waals surface area contributed by atoms with Gasteiger partial charge in [-0.05, 0) is 79.9 Å². The Balaban J connectivity index is 1.46. The van der Waals surface area contributed by atoms with E-state index in [4.69, 9.17) is 21.9 Å². The lowest BCUT2D eigenvalue weighted by Gasteiger charge is -2.24. The van der Waals surface area contributed by atoms with Gasteiger partial charge in [0.1, 0.15) is 18.2 Å². The topological polar surface area (TPSA) is 170 Å². The molecule has 0 aromatic heterocycles. The second kappa shape index (κ2) is 13.5. The Labute approximate surface area is 232 Å². The molecule has 3 aromatic carbocycles. The van der Waals surface area contributed by atoms with Gasteiger partial charge in [0, 0.05) is 17.8 Å². The number of piperidine rings is 1. The number of nitrogens with two attached hydrogens (primary N) is 3. The molecule has 1 aliphatic rings. The molecule has 0 aliphatic carbocycles. The number of ether oxygens (including phenoxy) is 1. The van der Waals surface area contributed by atoms with E-state index in [2.05, 4.69) is 20.9 Å². The van der Waals surface area contributed by atoms with Crippen molar-refractivity contribution < 1.29 is 18.7 Å². The third-order valence-electron chi connectivity index (χ3n) is 6.46. The van der Waals surface area contributed by atoms with Crippen LogP contribution in [0, 0.1) is 5.82 Å². The third kappa shape index (κ3) is 8.26. The van der Waals surface area contributed by atoms with E-state index in [1.165, 1.54) is 12.1 Å². The fourth-order valence-electron chi connectivity index (χ4n) is 4.32. The quantitative estimate of drug-likeness (QED) is 0.167. The first kappa shape index (κ1) is 28.5. The molecular weight excluding hydrogens is 513 g/mol. The summed E-state index contributed by atoms with van der Waals surface area (Å²) < 4.78 is 19.3. The summed E-state index contributed by atoms with van der Waals surface area (Å²) in [6, 6.07) is 17.0. The van der Waals surface area contributed by atoms with Gasteiger partial charge < -0.3 is 37.9 Å². The molecule has 0 saturated carbocycles. The summed E-state index contributed by atoms with van der Waals surface area (Å²) in [4.78, 5) is 30.0. The summed E-state index contributed by atoms with van der Waals surface area (Å²) >= 11 is 0. The van der Waals surface area contributed by atoms with E-state index in [1.54, 1.807) is 54.6 Å². The number of anilines is 1. The van der Waals surface area contributed by atoms with Crippen molar-refractivity contribution in [3.8, 4) is 5.75 Å². The summed E-state index contributed by atoms with van der Waals surface area (Å²) in [5, 5.41) is 9.14. The monoisotopic (exact) mass is 547 g/mol. The van der Waals surface area contributed by atoms with Crippen LogP contribution in [0.25, 0.3) is 0 Å². The van der Waals surface area contributed by atoms with Crippen LogP contribution < -0.4 is 37.9 Å². The van der Waals surface area contributed by atoms with Crippen LogP contribution in [0.1, 0.15) is 34.3 Å². The first-order valence-corrected chi connectivity index (χ1v) is 13.0.